The van der Waals surface area contributed by atoms with Crippen LogP contribution in [0.1, 0.15) is 26.3 Å². The summed E-state index contributed by atoms with van der Waals surface area (Å²) in [6.07, 6.45) is 1.04. The summed E-state index contributed by atoms with van der Waals surface area (Å²) in [6.45, 7) is 12.6. The number of carbonyl (C=O) groups excluding carboxylic acids is 1. The number of fused-ring (bicyclic) bond motifs is 1. The van der Waals surface area contributed by atoms with Crippen molar-refractivity contribution in [3.63, 3.8) is 0 Å². The Hall–Kier alpha value is -2.12. The fourth-order valence-electron chi connectivity index (χ4n) is 3.97. The van der Waals surface area contributed by atoms with Gasteiger partial charge in [-0.1, -0.05) is 32.0 Å². The van der Waals surface area contributed by atoms with E-state index in [2.05, 4.69) is 40.4 Å². The molecule has 0 bridgehead atoms. The van der Waals surface area contributed by atoms with Crippen molar-refractivity contribution in [2.45, 2.75) is 33.3 Å². The van der Waals surface area contributed by atoms with Crippen LogP contribution < -0.4 is 15.5 Å². The number of amides is 1. The first-order valence-corrected chi connectivity index (χ1v) is 10.8. The maximum Gasteiger partial charge on any atom is 0.248 e. The summed E-state index contributed by atoms with van der Waals surface area (Å²) >= 11 is 0. The van der Waals surface area contributed by atoms with Crippen molar-refractivity contribution in [3.05, 3.63) is 29.8 Å². The predicted molar refractivity (Wildman–Crippen MR) is 117 cm³/mol. The summed E-state index contributed by atoms with van der Waals surface area (Å²) in [5.74, 6) is 1.35. The summed E-state index contributed by atoms with van der Waals surface area (Å²) in [4.78, 5) is 21.5. The van der Waals surface area contributed by atoms with Gasteiger partial charge in [0.2, 0.25) is 5.91 Å². The van der Waals surface area contributed by atoms with Crippen LogP contribution in [0.25, 0.3) is 0 Å². The lowest BCUT2D eigenvalue weighted by Crippen LogP contribution is -2.50. The Morgan fingerprint density at radius 1 is 1.28 bits per heavy atom. The highest BCUT2D eigenvalue weighted by atomic mass is 16.5. The van der Waals surface area contributed by atoms with Gasteiger partial charge in [0.25, 0.3) is 0 Å². The summed E-state index contributed by atoms with van der Waals surface area (Å²) in [7, 11) is 0. The molecule has 0 spiro atoms. The number of ether oxygens (including phenoxy) is 1. The molecule has 160 valence electrons. The van der Waals surface area contributed by atoms with Gasteiger partial charge in [0.15, 0.2) is 5.96 Å². The zero-order valence-corrected chi connectivity index (χ0v) is 18.0. The molecule has 29 heavy (non-hydrogen) atoms. The number of morpholine rings is 1. The second-order valence-electron chi connectivity index (χ2n) is 8.15. The van der Waals surface area contributed by atoms with Crippen molar-refractivity contribution >= 4 is 17.6 Å². The first-order valence-electron chi connectivity index (χ1n) is 10.8. The maximum atomic E-state index is 12.7. The molecule has 3 rings (SSSR count). The van der Waals surface area contributed by atoms with E-state index in [1.54, 1.807) is 0 Å². The highest BCUT2D eigenvalue weighted by Crippen LogP contribution is 2.27. The smallest absolute Gasteiger partial charge is 0.248 e. The molecule has 0 saturated carbocycles. The molecule has 1 unspecified atom stereocenters. The fourth-order valence-corrected chi connectivity index (χ4v) is 3.97. The first-order chi connectivity index (χ1) is 14.1. The Morgan fingerprint density at radius 2 is 2.10 bits per heavy atom. The van der Waals surface area contributed by atoms with Gasteiger partial charge in [-0.15, -0.1) is 0 Å². The summed E-state index contributed by atoms with van der Waals surface area (Å²) in [6, 6.07) is 8.10. The van der Waals surface area contributed by atoms with Crippen LogP contribution in [0.2, 0.25) is 0 Å². The highest BCUT2D eigenvalue weighted by Gasteiger charge is 2.24. The van der Waals surface area contributed by atoms with Gasteiger partial charge in [0.05, 0.1) is 12.7 Å². The molecular weight excluding hydrogens is 366 g/mol. The number of anilines is 1. The van der Waals surface area contributed by atoms with Crippen LogP contribution in [-0.4, -0.2) is 75.3 Å². The lowest BCUT2D eigenvalue weighted by atomic mass is 10.2. The molecule has 2 aliphatic heterocycles. The lowest BCUT2D eigenvalue weighted by molar-refractivity contribution is -0.117. The molecule has 2 heterocycles. The number of hydrogen-bond acceptors (Lipinski definition) is 4. The number of para-hydroxylation sites is 1. The Bertz CT molecular complexity index is 706. The van der Waals surface area contributed by atoms with Crippen molar-refractivity contribution in [2.75, 3.05) is 57.3 Å². The third kappa shape index (κ3) is 6.18. The van der Waals surface area contributed by atoms with Crippen LogP contribution in [0.4, 0.5) is 5.69 Å². The van der Waals surface area contributed by atoms with E-state index in [9.17, 15) is 4.79 Å². The largest absolute Gasteiger partial charge is 0.374 e. The van der Waals surface area contributed by atoms with Crippen molar-refractivity contribution in [3.8, 4) is 0 Å². The molecule has 1 saturated heterocycles. The van der Waals surface area contributed by atoms with E-state index in [0.717, 1.165) is 51.4 Å². The van der Waals surface area contributed by atoms with E-state index < -0.39 is 0 Å². The minimum absolute atomic E-state index is 0.0316. The molecule has 0 aromatic heterocycles. The highest BCUT2D eigenvalue weighted by molar-refractivity contribution is 5.98. The van der Waals surface area contributed by atoms with Crippen LogP contribution >= 0.6 is 0 Å². The maximum absolute atomic E-state index is 12.7. The zero-order chi connectivity index (χ0) is 20.6. The fraction of sp³-hybridized carbons (Fsp3) is 0.636. The second-order valence-corrected chi connectivity index (χ2v) is 8.15. The number of hydrogen-bond donors (Lipinski definition) is 2. The average molecular weight is 402 g/mol. The number of aliphatic imine (C=N–C) groups is 1. The monoisotopic (exact) mass is 401 g/mol. The van der Waals surface area contributed by atoms with E-state index in [1.807, 2.05) is 30.0 Å². The Morgan fingerprint density at radius 3 is 2.90 bits per heavy atom. The van der Waals surface area contributed by atoms with Crippen molar-refractivity contribution in [2.24, 2.45) is 10.9 Å². The van der Waals surface area contributed by atoms with Gasteiger partial charge in [0.1, 0.15) is 6.54 Å². The quantitative estimate of drug-likeness (QED) is 0.535. The van der Waals surface area contributed by atoms with E-state index in [0.29, 0.717) is 18.4 Å². The molecule has 1 aromatic carbocycles. The summed E-state index contributed by atoms with van der Waals surface area (Å²) in [5, 5.41) is 6.58. The molecule has 2 N–H and O–H groups in total. The average Bonchev–Trinajstić information content (AvgIpc) is 3.14. The molecule has 0 aliphatic carbocycles. The topological polar surface area (TPSA) is 69.2 Å². The number of nitrogens with one attached hydrogen (secondary N) is 2. The van der Waals surface area contributed by atoms with E-state index in [1.165, 1.54) is 5.56 Å². The van der Waals surface area contributed by atoms with Crippen molar-refractivity contribution in [1.82, 2.24) is 15.5 Å². The molecule has 1 aromatic rings. The van der Waals surface area contributed by atoms with Crippen LogP contribution in [-0.2, 0) is 16.0 Å². The molecule has 7 nitrogen and oxygen atoms in total. The molecule has 2 aliphatic rings. The summed E-state index contributed by atoms with van der Waals surface area (Å²) in [5.41, 5.74) is 2.25. The first kappa shape index (κ1) is 21.6. The van der Waals surface area contributed by atoms with Crippen LogP contribution in [0.3, 0.4) is 0 Å². The Kier molecular flexibility index (Phi) is 7.89. The molecular formula is C22H35N5O2. The van der Waals surface area contributed by atoms with Gasteiger partial charge < -0.3 is 20.3 Å². The molecule has 1 atom stereocenters. The van der Waals surface area contributed by atoms with Crippen LogP contribution in [0.15, 0.2) is 29.3 Å². The van der Waals surface area contributed by atoms with Gasteiger partial charge in [-0.2, -0.15) is 0 Å². The molecule has 0 radical (unpaired) electrons. The van der Waals surface area contributed by atoms with Gasteiger partial charge >= 0.3 is 0 Å². The lowest BCUT2D eigenvalue weighted by Gasteiger charge is -2.34. The number of carbonyl (C=O) groups is 1. The van der Waals surface area contributed by atoms with Gasteiger partial charge in [-0.25, -0.2) is 4.99 Å². The number of guanidine groups is 1. The molecule has 1 fully saturated rings. The molecule has 1 amide bonds. The Balaban J connectivity index is 1.51. The normalized spacial score (nSPS) is 20.1. The van der Waals surface area contributed by atoms with E-state index >= 15 is 0 Å². The number of rotatable bonds is 7. The SMILES string of the molecule is CCNC(=NCC(=O)N1CCc2ccccc21)NCC1CN(CC(C)C)CCO1. The van der Waals surface area contributed by atoms with Crippen LogP contribution in [0.5, 0.6) is 0 Å². The standard InChI is InChI=1S/C22H35N5O2/c1-4-23-22(24-13-19-16-26(11-12-29-19)15-17(2)3)25-14-21(28)27-10-9-18-7-5-6-8-20(18)27/h5-8,17,19H,4,9-16H2,1-3H3,(H2,23,24,25). The third-order valence-electron chi connectivity index (χ3n) is 5.25. The van der Waals surface area contributed by atoms with Crippen molar-refractivity contribution < 1.29 is 9.53 Å². The third-order valence-corrected chi connectivity index (χ3v) is 5.25. The number of nitrogens with zero attached hydrogens (tertiary/aromatic N) is 3. The molecule has 7 heteroatoms. The predicted octanol–water partition coefficient (Wildman–Crippen LogP) is 1.49. The number of benzene rings is 1. The van der Waals surface area contributed by atoms with Crippen molar-refractivity contribution in [1.29, 1.82) is 0 Å². The van der Waals surface area contributed by atoms with E-state index in [4.69, 9.17) is 4.74 Å². The minimum atomic E-state index is 0.0316. The van der Waals surface area contributed by atoms with Crippen LogP contribution in [0, 0.1) is 5.92 Å². The summed E-state index contributed by atoms with van der Waals surface area (Å²) < 4.78 is 5.90. The zero-order valence-electron chi connectivity index (χ0n) is 18.0. The second kappa shape index (κ2) is 10.6. The van der Waals surface area contributed by atoms with E-state index in [-0.39, 0.29) is 18.6 Å². The van der Waals surface area contributed by atoms with Gasteiger partial charge in [0, 0.05) is 45.0 Å². The minimum Gasteiger partial charge on any atom is -0.374 e. The Labute approximate surface area is 174 Å². The van der Waals surface area contributed by atoms with Gasteiger partial charge in [-0.05, 0) is 30.9 Å². The van der Waals surface area contributed by atoms with Gasteiger partial charge in [-0.3, -0.25) is 9.69 Å².